The number of H-pyrrole nitrogens is 1. The maximum absolute atomic E-state index is 5.44. The molecule has 0 fully saturated rings. The minimum Gasteiger partial charge on any atom is -0.481 e. The Morgan fingerprint density at radius 3 is 2.76 bits per heavy atom. The highest BCUT2D eigenvalue weighted by Crippen LogP contribution is 2.23. The summed E-state index contributed by atoms with van der Waals surface area (Å²) in [4.78, 5) is 7.66. The molecule has 5 nitrogen and oxygen atoms in total. The quantitative estimate of drug-likeness (QED) is 0.752. The average molecular weight is 301 g/mol. The first-order chi connectivity index (χ1) is 10.2. The van der Waals surface area contributed by atoms with Gasteiger partial charge in [-0.1, -0.05) is 18.2 Å². The summed E-state index contributed by atoms with van der Waals surface area (Å²) in [6.07, 6.45) is 0. The van der Waals surface area contributed by atoms with Crippen LogP contribution in [-0.2, 0) is 11.3 Å². The first-order valence-electron chi connectivity index (χ1n) is 6.47. The number of ether oxygens (including phenoxy) is 2. The van der Waals surface area contributed by atoms with Crippen LogP contribution in [0.1, 0.15) is 5.56 Å². The molecule has 2 aromatic heterocycles. The molecule has 0 radical (unpaired) electrons. The lowest BCUT2D eigenvalue weighted by Crippen LogP contribution is -2.02. The van der Waals surface area contributed by atoms with Crippen molar-refractivity contribution in [1.82, 2.24) is 14.5 Å². The second kappa shape index (κ2) is 5.67. The summed E-state index contributed by atoms with van der Waals surface area (Å²) in [7, 11) is 3.27. The highest BCUT2D eigenvalue weighted by Gasteiger charge is 2.12. The van der Waals surface area contributed by atoms with E-state index in [0.717, 1.165) is 22.4 Å². The van der Waals surface area contributed by atoms with Gasteiger partial charge in [0.1, 0.15) is 0 Å². The molecule has 0 saturated carbocycles. The van der Waals surface area contributed by atoms with Crippen LogP contribution in [0.4, 0.5) is 0 Å². The molecule has 21 heavy (non-hydrogen) atoms. The molecule has 6 heteroatoms. The molecule has 2 heterocycles. The molecule has 0 atom stereocenters. The molecule has 3 rings (SSSR count). The van der Waals surface area contributed by atoms with E-state index >= 15 is 0 Å². The molecule has 1 N–H and O–H groups in total. The van der Waals surface area contributed by atoms with E-state index in [2.05, 4.69) is 9.97 Å². The second-order valence-corrected chi connectivity index (χ2v) is 4.94. The van der Waals surface area contributed by atoms with Crippen molar-refractivity contribution in [3.05, 3.63) is 46.7 Å². The molecule has 0 aliphatic rings. The average Bonchev–Trinajstić information content (AvgIpc) is 2.83. The largest absolute Gasteiger partial charge is 0.481 e. The Morgan fingerprint density at radius 2 is 2.00 bits per heavy atom. The van der Waals surface area contributed by atoms with Crippen LogP contribution < -0.4 is 4.74 Å². The van der Waals surface area contributed by atoms with Gasteiger partial charge in [0.15, 0.2) is 10.4 Å². The number of benzene rings is 1. The number of nitrogens with one attached hydrogen (secondary N) is 1. The first-order valence-corrected chi connectivity index (χ1v) is 6.88. The number of imidazole rings is 1. The van der Waals surface area contributed by atoms with Crippen LogP contribution in [-0.4, -0.2) is 28.8 Å². The lowest BCUT2D eigenvalue weighted by atomic mass is 10.2. The fourth-order valence-electron chi connectivity index (χ4n) is 2.31. The van der Waals surface area contributed by atoms with E-state index in [9.17, 15) is 0 Å². The Hall–Kier alpha value is -2.18. The lowest BCUT2D eigenvalue weighted by Gasteiger charge is -2.10. The zero-order chi connectivity index (χ0) is 14.8. The predicted octanol–water partition coefficient (Wildman–Crippen LogP) is 3.24. The molecule has 108 valence electrons. The van der Waals surface area contributed by atoms with E-state index in [-0.39, 0.29) is 0 Å². The molecular formula is C15H15N3O2S. The van der Waals surface area contributed by atoms with Crippen molar-refractivity contribution in [1.29, 1.82) is 0 Å². The number of hydrogen-bond acceptors (Lipinski definition) is 4. The van der Waals surface area contributed by atoms with Crippen LogP contribution in [0.3, 0.4) is 0 Å². The zero-order valence-electron chi connectivity index (χ0n) is 11.8. The highest BCUT2D eigenvalue weighted by molar-refractivity contribution is 7.71. The van der Waals surface area contributed by atoms with Crippen molar-refractivity contribution >= 4 is 23.4 Å². The third-order valence-electron chi connectivity index (χ3n) is 3.25. The fraction of sp³-hybridized carbons (Fsp3) is 0.200. The van der Waals surface area contributed by atoms with Gasteiger partial charge in [-0.15, -0.1) is 0 Å². The molecule has 0 spiro atoms. The summed E-state index contributed by atoms with van der Waals surface area (Å²) in [5.41, 5.74) is 3.61. The predicted molar refractivity (Wildman–Crippen MR) is 83.5 cm³/mol. The summed E-state index contributed by atoms with van der Waals surface area (Å²) in [6, 6.07) is 11.7. The van der Waals surface area contributed by atoms with Gasteiger partial charge in [0.25, 0.3) is 0 Å². The summed E-state index contributed by atoms with van der Waals surface area (Å²) in [6.45, 7) is 0.509. The number of pyridine rings is 1. The van der Waals surface area contributed by atoms with Crippen molar-refractivity contribution in [3.8, 4) is 11.6 Å². The van der Waals surface area contributed by atoms with Gasteiger partial charge < -0.3 is 14.5 Å². The summed E-state index contributed by atoms with van der Waals surface area (Å²) in [5, 5.41) is 0. The number of aromatic nitrogens is 3. The van der Waals surface area contributed by atoms with E-state index < -0.39 is 0 Å². The van der Waals surface area contributed by atoms with Gasteiger partial charge in [-0.05, 0) is 24.4 Å². The molecule has 0 saturated heterocycles. The van der Waals surface area contributed by atoms with Crippen molar-refractivity contribution in [2.24, 2.45) is 0 Å². The van der Waals surface area contributed by atoms with Gasteiger partial charge in [-0.3, -0.25) is 4.57 Å². The van der Waals surface area contributed by atoms with Gasteiger partial charge in [0.05, 0.1) is 24.9 Å². The minimum atomic E-state index is 0.509. The number of rotatable bonds is 4. The number of methoxy groups -OCH3 is 2. The van der Waals surface area contributed by atoms with Crippen molar-refractivity contribution < 1.29 is 9.47 Å². The monoisotopic (exact) mass is 301 g/mol. The summed E-state index contributed by atoms with van der Waals surface area (Å²) >= 11 is 5.44. The molecule has 1 aromatic carbocycles. The third-order valence-corrected chi connectivity index (χ3v) is 3.53. The Labute approximate surface area is 127 Å². The van der Waals surface area contributed by atoms with Crippen molar-refractivity contribution in [2.45, 2.75) is 6.61 Å². The van der Waals surface area contributed by atoms with Crippen LogP contribution in [0.15, 0.2) is 36.4 Å². The Morgan fingerprint density at radius 1 is 1.19 bits per heavy atom. The second-order valence-electron chi connectivity index (χ2n) is 4.55. The summed E-state index contributed by atoms with van der Waals surface area (Å²) < 4.78 is 13.0. The molecular weight excluding hydrogens is 286 g/mol. The molecule has 0 amide bonds. The van der Waals surface area contributed by atoms with Crippen LogP contribution >= 0.6 is 12.2 Å². The van der Waals surface area contributed by atoms with Crippen molar-refractivity contribution in [2.75, 3.05) is 14.2 Å². The number of para-hydroxylation sites is 1. The van der Waals surface area contributed by atoms with Crippen LogP contribution in [0, 0.1) is 4.77 Å². The van der Waals surface area contributed by atoms with Crippen LogP contribution in [0.5, 0.6) is 5.88 Å². The van der Waals surface area contributed by atoms with Crippen molar-refractivity contribution in [3.63, 3.8) is 0 Å². The number of hydrogen-bond donors (Lipinski definition) is 1. The topological polar surface area (TPSA) is 52.1 Å². The highest BCUT2D eigenvalue weighted by atomic mass is 32.1. The standard InChI is InChI=1S/C15H15N3O2S/c1-19-9-10-5-3-4-6-12(10)18-14-11(16-15(18)21)7-8-13(17-14)20-2/h3-8H,9H2,1-2H3,(H,16,21). The van der Waals surface area contributed by atoms with E-state index in [1.54, 1.807) is 20.3 Å². The van der Waals surface area contributed by atoms with E-state index in [1.165, 1.54) is 0 Å². The normalized spacial score (nSPS) is 11.0. The molecule has 0 bridgehead atoms. The van der Waals surface area contributed by atoms with Gasteiger partial charge >= 0.3 is 0 Å². The minimum absolute atomic E-state index is 0.509. The van der Waals surface area contributed by atoms with E-state index in [1.807, 2.05) is 34.9 Å². The zero-order valence-corrected chi connectivity index (χ0v) is 12.6. The van der Waals surface area contributed by atoms with Gasteiger partial charge in [-0.2, -0.15) is 4.98 Å². The SMILES string of the molecule is COCc1ccccc1-n1c(=S)[nH]c2ccc(OC)nc21. The van der Waals surface area contributed by atoms with Gasteiger partial charge in [-0.25, -0.2) is 0 Å². The number of aromatic amines is 1. The molecule has 0 aliphatic carbocycles. The first kappa shape index (κ1) is 13.8. The van der Waals surface area contributed by atoms with E-state index in [0.29, 0.717) is 17.3 Å². The summed E-state index contributed by atoms with van der Waals surface area (Å²) in [5.74, 6) is 0.550. The maximum Gasteiger partial charge on any atom is 0.215 e. The Balaban J connectivity index is 2.29. The van der Waals surface area contributed by atoms with Crippen LogP contribution in [0.25, 0.3) is 16.9 Å². The van der Waals surface area contributed by atoms with E-state index in [4.69, 9.17) is 21.7 Å². The maximum atomic E-state index is 5.44. The number of nitrogens with zero attached hydrogens (tertiary/aromatic N) is 2. The Kier molecular flexibility index (Phi) is 3.72. The fourth-order valence-corrected chi connectivity index (χ4v) is 2.60. The molecule has 3 aromatic rings. The van der Waals surface area contributed by atoms with Crippen LogP contribution in [0.2, 0.25) is 0 Å². The Bertz CT molecular complexity index is 838. The number of fused-ring (bicyclic) bond motifs is 1. The third kappa shape index (κ3) is 2.43. The molecule has 0 aliphatic heterocycles. The van der Waals surface area contributed by atoms with Gasteiger partial charge in [0, 0.05) is 18.7 Å². The van der Waals surface area contributed by atoms with Gasteiger partial charge in [0.2, 0.25) is 5.88 Å². The smallest absolute Gasteiger partial charge is 0.215 e. The molecule has 0 unspecified atom stereocenters. The lowest BCUT2D eigenvalue weighted by molar-refractivity contribution is 0.185.